The van der Waals surface area contributed by atoms with Crippen molar-refractivity contribution >= 4 is 11.6 Å². The van der Waals surface area contributed by atoms with Crippen LogP contribution in [0.2, 0.25) is 0 Å². The average Bonchev–Trinajstić information content (AvgIpc) is 2.98. The molecule has 0 bridgehead atoms. The molecule has 1 aliphatic carbocycles. The van der Waals surface area contributed by atoms with Gasteiger partial charge in [0.1, 0.15) is 12.1 Å². The highest BCUT2D eigenvalue weighted by Crippen LogP contribution is 2.29. The van der Waals surface area contributed by atoms with Crippen molar-refractivity contribution in [2.75, 3.05) is 0 Å². The zero-order chi connectivity index (χ0) is 18.3. The van der Waals surface area contributed by atoms with E-state index in [4.69, 9.17) is 0 Å². The van der Waals surface area contributed by atoms with Gasteiger partial charge in [0.05, 0.1) is 5.69 Å². The summed E-state index contributed by atoms with van der Waals surface area (Å²) in [6.45, 7) is 3.98. The molecule has 1 atom stereocenters. The lowest BCUT2D eigenvalue weighted by Crippen LogP contribution is -2.40. The summed E-state index contributed by atoms with van der Waals surface area (Å²) in [6, 6.07) is 8.21. The van der Waals surface area contributed by atoms with E-state index in [-0.39, 0.29) is 17.8 Å². The van der Waals surface area contributed by atoms with E-state index in [9.17, 15) is 9.18 Å². The summed E-state index contributed by atoms with van der Waals surface area (Å²) in [6.07, 6.45) is 5.18. The molecule has 0 aliphatic heterocycles. The van der Waals surface area contributed by atoms with Crippen LogP contribution in [0.15, 0.2) is 36.7 Å². The van der Waals surface area contributed by atoms with Crippen LogP contribution in [0.4, 0.5) is 4.39 Å². The van der Waals surface area contributed by atoms with Crippen LogP contribution in [0.3, 0.4) is 0 Å². The Morgan fingerprint density at radius 3 is 2.69 bits per heavy atom. The minimum absolute atomic E-state index is 0.134. The van der Waals surface area contributed by atoms with E-state index in [0.29, 0.717) is 23.0 Å². The topological polar surface area (TPSA) is 59.3 Å². The molecule has 1 aliphatic rings. The van der Waals surface area contributed by atoms with Crippen LogP contribution in [-0.2, 0) is 0 Å². The predicted molar refractivity (Wildman–Crippen MR) is 97.4 cm³/mol. The van der Waals surface area contributed by atoms with Crippen LogP contribution >= 0.6 is 0 Å². The number of carbonyl (C=O) groups excluding carboxylic acids is 1. The summed E-state index contributed by atoms with van der Waals surface area (Å²) in [5, 5.41) is 3.06. The number of fused-ring (bicyclic) bond motifs is 1. The van der Waals surface area contributed by atoms with Crippen LogP contribution in [0, 0.1) is 18.7 Å². The molecule has 6 heteroatoms. The van der Waals surface area contributed by atoms with Crippen molar-refractivity contribution < 1.29 is 9.18 Å². The first-order valence-corrected chi connectivity index (χ1v) is 8.94. The molecule has 1 amide bonds. The maximum absolute atomic E-state index is 13.2. The fraction of sp³-hybridized carbons (Fsp3) is 0.350. The Balaban J connectivity index is 1.69. The summed E-state index contributed by atoms with van der Waals surface area (Å²) >= 11 is 0. The molecule has 2 aromatic heterocycles. The van der Waals surface area contributed by atoms with Gasteiger partial charge in [-0.25, -0.2) is 14.4 Å². The number of carbonyl (C=O) groups is 1. The Labute approximate surface area is 151 Å². The quantitative estimate of drug-likeness (QED) is 0.778. The molecule has 3 aromatic rings. The van der Waals surface area contributed by atoms with Gasteiger partial charge in [-0.2, -0.15) is 0 Å². The van der Waals surface area contributed by atoms with Gasteiger partial charge < -0.3 is 5.32 Å². The SMILES string of the molecule is Cc1cc(-c2ccc(F)cc2)nc2c(C(=O)NC(C)C3CCC3)ncn12. The van der Waals surface area contributed by atoms with E-state index in [1.807, 2.05) is 19.9 Å². The number of hydrogen-bond donors (Lipinski definition) is 1. The van der Waals surface area contributed by atoms with Crippen molar-refractivity contribution in [2.24, 2.45) is 5.92 Å². The Bertz CT molecular complexity index is 960. The van der Waals surface area contributed by atoms with Gasteiger partial charge in [-0.3, -0.25) is 9.20 Å². The number of nitrogens with one attached hydrogen (secondary N) is 1. The molecule has 1 saturated carbocycles. The lowest BCUT2D eigenvalue weighted by atomic mass is 9.80. The summed E-state index contributed by atoms with van der Waals surface area (Å²) in [7, 11) is 0. The first-order valence-electron chi connectivity index (χ1n) is 8.94. The third-order valence-corrected chi connectivity index (χ3v) is 5.27. The molecule has 1 N–H and O–H groups in total. The Hall–Kier alpha value is -2.76. The summed E-state index contributed by atoms with van der Waals surface area (Å²) < 4.78 is 15.0. The normalized spacial score (nSPS) is 15.7. The highest BCUT2D eigenvalue weighted by molar-refractivity contribution is 5.98. The average molecular weight is 352 g/mol. The van der Waals surface area contributed by atoms with Crippen molar-refractivity contribution in [3.05, 3.63) is 53.9 Å². The van der Waals surface area contributed by atoms with Gasteiger partial charge in [-0.1, -0.05) is 6.42 Å². The van der Waals surface area contributed by atoms with Crippen LogP contribution in [0.25, 0.3) is 16.9 Å². The highest BCUT2D eigenvalue weighted by Gasteiger charge is 2.26. The molecule has 5 nitrogen and oxygen atoms in total. The number of halogens is 1. The number of imidazole rings is 1. The van der Waals surface area contributed by atoms with E-state index in [2.05, 4.69) is 15.3 Å². The predicted octanol–water partition coefficient (Wildman–Crippen LogP) is 3.76. The van der Waals surface area contributed by atoms with Gasteiger partial charge in [0.15, 0.2) is 11.3 Å². The molecule has 1 aromatic carbocycles. The maximum Gasteiger partial charge on any atom is 0.274 e. The first-order chi connectivity index (χ1) is 12.5. The molecule has 134 valence electrons. The smallest absolute Gasteiger partial charge is 0.274 e. The van der Waals surface area contributed by atoms with Crippen molar-refractivity contribution in [2.45, 2.75) is 39.2 Å². The molecular weight excluding hydrogens is 331 g/mol. The van der Waals surface area contributed by atoms with Gasteiger partial charge in [-0.05, 0) is 62.9 Å². The van der Waals surface area contributed by atoms with Gasteiger partial charge in [0, 0.05) is 17.3 Å². The van der Waals surface area contributed by atoms with E-state index < -0.39 is 0 Å². The summed E-state index contributed by atoms with van der Waals surface area (Å²) in [5.41, 5.74) is 3.24. The monoisotopic (exact) mass is 352 g/mol. The summed E-state index contributed by atoms with van der Waals surface area (Å²) in [5.74, 6) is 0.0632. The van der Waals surface area contributed by atoms with Crippen molar-refractivity contribution in [1.29, 1.82) is 0 Å². The highest BCUT2D eigenvalue weighted by atomic mass is 19.1. The number of aryl methyl sites for hydroxylation is 1. The molecule has 2 heterocycles. The molecule has 1 unspecified atom stereocenters. The summed E-state index contributed by atoms with van der Waals surface area (Å²) in [4.78, 5) is 21.6. The second kappa shape index (κ2) is 6.52. The van der Waals surface area contributed by atoms with Gasteiger partial charge in [-0.15, -0.1) is 0 Å². The molecule has 1 fully saturated rings. The zero-order valence-electron chi connectivity index (χ0n) is 14.9. The molecule has 26 heavy (non-hydrogen) atoms. The van der Waals surface area contributed by atoms with Gasteiger partial charge in [0.2, 0.25) is 0 Å². The molecular formula is C20H21FN4O. The minimum atomic E-state index is -0.291. The lowest BCUT2D eigenvalue weighted by molar-refractivity contribution is 0.0906. The van der Waals surface area contributed by atoms with Crippen LogP contribution in [0.1, 0.15) is 42.4 Å². The van der Waals surface area contributed by atoms with Gasteiger partial charge >= 0.3 is 0 Å². The van der Waals surface area contributed by atoms with Gasteiger partial charge in [0.25, 0.3) is 5.91 Å². The first kappa shape index (κ1) is 16.7. The second-order valence-electron chi connectivity index (χ2n) is 7.03. The Morgan fingerprint density at radius 2 is 2.04 bits per heavy atom. The molecule has 0 saturated heterocycles. The van der Waals surface area contributed by atoms with Crippen LogP contribution < -0.4 is 5.32 Å². The maximum atomic E-state index is 13.2. The van der Waals surface area contributed by atoms with Crippen LogP contribution in [-0.4, -0.2) is 26.3 Å². The minimum Gasteiger partial charge on any atom is -0.348 e. The second-order valence-corrected chi connectivity index (χ2v) is 7.03. The number of benzene rings is 1. The fourth-order valence-electron chi connectivity index (χ4n) is 3.38. The van der Waals surface area contributed by atoms with Crippen LogP contribution in [0.5, 0.6) is 0 Å². The standard InChI is InChI=1S/C20H21FN4O/c1-12-10-17(15-6-8-16(21)9-7-15)24-19-18(22-11-25(12)19)20(26)23-13(2)14-4-3-5-14/h6-11,13-14H,3-5H2,1-2H3,(H,23,26). The molecule has 0 radical (unpaired) electrons. The largest absolute Gasteiger partial charge is 0.348 e. The van der Waals surface area contributed by atoms with E-state index >= 15 is 0 Å². The van der Waals surface area contributed by atoms with Crippen molar-refractivity contribution in [3.8, 4) is 11.3 Å². The Kier molecular flexibility index (Phi) is 4.18. The third kappa shape index (κ3) is 2.96. The number of nitrogens with zero attached hydrogens (tertiary/aromatic N) is 3. The number of hydrogen-bond acceptors (Lipinski definition) is 3. The number of rotatable bonds is 4. The Morgan fingerprint density at radius 1 is 1.31 bits per heavy atom. The fourth-order valence-corrected chi connectivity index (χ4v) is 3.38. The third-order valence-electron chi connectivity index (χ3n) is 5.27. The van der Waals surface area contributed by atoms with E-state index in [1.54, 1.807) is 22.9 Å². The molecule has 4 rings (SSSR count). The van der Waals surface area contributed by atoms with E-state index in [1.165, 1.54) is 18.6 Å². The van der Waals surface area contributed by atoms with Crippen molar-refractivity contribution in [1.82, 2.24) is 19.7 Å². The number of aromatic nitrogens is 3. The zero-order valence-corrected chi connectivity index (χ0v) is 14.9. The lowest BCUT2D eigenvalue weighted by Gasteiger charge is -2.31. The molecule has 0 spiro atoms. The van der Waals surface area contributed by atoms with E-state index in [0.717, 1.165) is 24.1 Å². The van der Waals surface area contributed by atoms with Crippen molar-refractivity contribution in [3.63, 3.8) is 0 Å². The number of amides is 1.